The Bertz CT molecular complexity index is 1440. The van der Waals surface area contributed by atoms with Crippen LogP contribution in [0.5, 0.6) is 0 Å². The summed E-state index contributed by atoms with van der Waals surface area (Å²) in [6, 6.07) is 21.6. The predicted molar refractivity (Wildman–Crippen MR) is 118 cm³/mol. The number of hydrogen-bond donors (Lipinski definition) is 0. The highest BCUT2D eigenvalue weighted by Crippen LogP contribution is 2.27. The molecule has 0 atom stereocenters. The van der Waals surface area contributed by atoms with Gasteiger partial charge in [0.05, 0.1) is 18.4 Å². The number of hydrogen-bond acceptors (Lipinski definition) is 2. The first-order valence-corrected chi connectivity index (χ1v) is 9.94. The molecule has 148 valence electrons. The van der Waals surface area contributed by atoms with Gasteiger partial charge in [0.25, 0.3) is 5.56 Å². The third kappa shape index (κ3) is 3.17. The summed E-state index contributed by atoms with van der Waals surface area (Å²) in [6.07, 6.45) is 1.56. The molecule has 0 aliphatic carbocycles. The van der Waals surface area contributed by atoms with Gasteiger partial charge >= 0.3 is 0 Å². The Labute approximate surface area is 176 Å². The van der Waals surface area contributed by atoms with Crippen LogP contribution in [-0.2, 0) is 13.1 Å². The second-order valence-electron chi connectivity index (χ2n) is 7.20. The number of benzene rings is 3. The van der Waals surface area contributed by atoms with E-state index in [1.807, 2.05) is 53.1 Å². The Morgan fingerprint density at radius 3 is 2.43 bits per heavy atom. The van der Waals surface area contributed by atoms with E-state index in [9.17, 15) is 9.18 Å². The Hall–Kier alpha value is -3.44. The van der Waals surface area contributed by atoms with Crippen LogP contribution in [0.25, 0.3) is 21.9 Å². The summed E-state index contributed by atoms with van der Waals surface area (Å²) in [5, 5.41) is 1.57. The maximum absolute atomic E-state index is 13.5. The fourth-order valence-electron chi connectivity index (χ4n) is 3.81. The van der Waals surface area contributed by atoms with E-state index < -0.39 is 0 Å². The van der Waals surface area contributed by atoms with Gasteiger partial charge in [0.1, 0.15) is 16.9 Å². The van der Waals surface area contributed by atoms with Gasteiger partial charge in [-0.2, -0.15) is 0 Å². The lowest BCUT2D eigenvalue weighted by Crippen LogP contribution is -2.23. The van der Waals surface area contributed by atoms with Gasteiger partial charge in [-0.3, -0.25) is 9.36 Å². The van der Waals surface area contributed by atoms with E-state index in [-0.39, 0.29) is 11.4 Å². The van der Waals surface area contributed by atoms with Crippen molar-refractivity contribution in [3.05, 3.63) is 111 Å². The van der Waals surface area contributed by atoms with E-state index in [2.05, 4.69) is 4.98 Å². The molecule has 2 heterocycles. The van der Waals surface area contributed by atoms with E-state index in [0.29, 0.717) is 29.1 Å². The van der Waals surface area contributed by atoms with Crippen molar-refractivity contribution < 1.29 is 4.39 Å². The van der Waals surface area contributed by atoms with Gasteiger partial charge in [0.15, 0.2) is 0 Å². The minimum Gasteiger partial charge on any atom is -0.330 e. The van der Waals surface area contributed by atoms with Crippen molar-refractivity contribution >= 4 is 33.5 Å². The molecule has 0 saturated carbocycles. The lowest BCUT2D eigenvalue weighted by Gasteiger charge is -2.10. The predicted octanol–water partition coefficient (Wildman–Crippen LogP) is 5.24. The molecule has 0 spiro atoms. The zero-order chi connectivity index (χ0) is 20.7. The summed E-state index contributed by atoms with van der Waals surface area (Å²) >= 11 is 6.39. The van der Waals surface area contributed by atoms with Crippen molar-refractivity contribution in [3.8, 4) is 0 Å². The molecule has 0 bridgehead atoms. The maximum atomic E-state index is 13.5. The number of para-hydroxylation sites is 1. The molecule has 2 aromatic heterocycles. The number of rotatable bonds is 4. The average molecular weight is 418 g/mol. The summed E-state index contributed by atoms with van der Waals surface area (Å²) in [5.41, 5.74) is 3.73. The molecule has 0 unspecified atom stereocenters. The van der Waals surface area contributed by atoms with E-state index in [4.69, 9.17) is 11.6 Å². The zero-order valence-electron chi connectivity index (χ0n) is 15.9. The first-order chi connectivity index (χ1) is 14.6. The number of halogens is 2. The molecule has 0 fully saturated rings. The number of aromatic nitrogens is 3. The van der Waals surface area contributed by atoms with E-state index in [1.54, 1.807) is 23.0 Å². The van der Waals surface area contributed by atoms with Gasteiger partial charge in [-0.25, -0.2) is 9.37 Å². The lowest BCUT2D eigenvalue weighted by atomic mass is 10.2. The third-order valence-electron chi connectivity index (χ3n) is 5.29. The molecule has 0 amide bonds. The fraction of sp³-hybridized carbons (Fsp3) is 0.0833. The molecule has 3 aromatic carbocycles. The third-order valence-corrected chi connectivity index (χ3v) is 5.66. The molecule has 5 rings (SSSR count). The Morgan fingerprint density at radius 2 is 1.63 bits per heavy atom. The monoisotopic (exact) mass is 417 g/mol. The van der Waals surface area contributed by atoms with Crippen molar-refractivity contribution in [1.29, 1.82) is 0 Å². The highest BCUT2D eigenvalue weighted by atomic mass is 35.5. The van der Waals surface area contributed by atoms with E-state index in [0.717, 1.165) is 22.0 Å². The lowest BCUT2D eigenvalue weighted by molar-refractivity contribution is 0.626. The molecule has 5 aromatic rings. The largest absolute Gasteiger partial charge is 0.330 e. The van der Waals surface area contributed by atoms with Crippen molar-refractivity contribution in [3.63, 3.8) is 0 Å². The summed E-state index contributed by atoms with van der Waals surface area (Å²) in [6.45, 7) is 0.775. The molecule has 0 aliphatic rings. The van der Waals surface area contributed by atoms with Gasteiger partial charge in [-0.05, 0) is 35.4 Å². The molecular formula is C24H17ClFN3O. The molecule has 0 N–H and O–H groups in total. The van der Waals surface area contributed by atoms with Gasteiger partial charge in [-0.1, -0.05) is 60.1 Å². The molecule has 4 nitrogen and oxygen atoms in total. The smallest absolute Gasteiger partial charge is 0.278 e. The van der Waals surface area contributed by atoms with Crippen LogP contribution in [0, 0.1) is 5.82 Å². The highest BCUT2D eigenvalue weighted by molar-refractivity contribution is 6.31. The number of fused-ring (bicyclic) bond motifs is 3. The molecule has 0 aliphatic heterocycles. The van der Waals surface area contributed by atoms with Crippen LogP contribution < -0.4 is 5.56 Å². The maximum Gasteiger partial charge on any atom is 0.278 e. The summed E-state index contributed by atoms with van der Waals surface area (Å²) in [7, 11) is 0. The topological polar surface area (TPSA) is 39.8 Å². The van der Waals surface area contributed by atoms with Crippen molar-refractivity contribution in [1.82, 2.24) is 14.1 Å². The van der Waals surface area contributed by atoms with Crippen LogP contribution in [-0.4, -0.2) is 14.1 Å². The molecular weight excluding hydrogens is 401 g/mol. The summed E-state index contributed by atoms with van der Waals surface area (Å²) in [5.74, 6) is -0.306. The standard InChI is InChI=1S/C24H17ClFN3O/c25-20-7-3-1-5-17(20)14-29-21-8-4-2-6-19(21)22-23(29)24(30)28(15-27-22)13-16-9-11-18(26)12-10-16/h1-12,15H,13-14H2. The van der Waals surface area contributed by atoms with E-state index in [1.165, 1.54) is 12.1 Å². The normalized spacial score (nSPS) is 11.4. The molecule has 6 heteroatoms. The van der Waals surface area contributed by atoms with Crippen molar-refractivity contribution in [2.24, 2.45) is 0 Å². The van der Waals surface area contributed by atoms with Crippen molar-refractivity contribution in [2.45, 2.75) is 13.1 Å². The minimum atomic E-state index is -0.306. The molecule has 0 saturated heterocycles. The van der Waals surface area contributed by atoms with Crippen LogP contribution in [0.2, 0.25) is 5.02 Å². The van der Waals surface area contributed by atoms with E-state index >= 15 is 0 Å². The Morgan fingerprint density at radius 1 is 0.900 bits per heavy atom. The first kappa shape index (κ1) is 18.6. The van der Waals surface area contributed by atoms with Crippen LogP contribution in [0.3, 0.4) is 0 Å². The Kier molecular flexibility index (Phi) is 4.60. The summed E-state index contributed by atoms with van der Waals surface area (Å²) < 4.78 is 16.8. The average Bonchev–Trinajstić information content (AvgIpc) is 3.08. The molecule has 0 radical (unpaired) electrons. The number of nitrogens with zero attached hydrogens (tertiary/aromatic N) is 3. The minimum absolute atomic E-state index is 0.146. The van der Waals surface area contributed by atoms with Crippen LogP contribution in [0.15, 0.2) is 83.9 Å². The second-order valence-corrected chi connectivity index (χ2v) is 7.60. The summed E-state index contributed by atoms with van der Waals surface area (Å²) in [4.78, 5) is 18.1. The van der Waals surface area contributed by atoms with Crippen LogP contribution >= 0.6 is 11.6 Å². The highest BCUT2D eigenvalue weighted by Gasteiger charge is 2.17. The first-order valence-electron chi connectivity index (χ1n) is 9.56. The second kappa shape index (κ2) is 7.43. The van der Waals surface area contributed by atoms with Crippen molar-refractivity contribution in [2.75, 3.05) is 0 Å². The zero-order valence-corrected chi connectivity index (χ0v) is 16.7. The van der Waals surface area contributed by atoms with Gasteiger partial charge in [0, 0.05) is 17.0 Å². The molecule has 30 heavy (non-hydrogen) atoms. The quantitative estimate of drug-likeness (QED) is 0.401. The Balaban J connectivity index is 1.71. The fourth-order valence-corrected chi connectivity index (χ4v) is 4.00. The van der Waals surface area contributed by atoms with Crippen LogP contribution in [0.1, 0.15) is 11.1 Å². The SMILES string of the molecule is O=c1c2c(ncn1Cc1ccc(F)cc1)c1ccccc1n2Cc1ccccc1Cl. The van der Waals surface area contributed by atoms with Gasteiger partial charge in [0.2, 0.25) is 0 Å². The van der Waals surface area contributed by atoms with Gasteiger partial charge < -0.3 is 4.57 Å². The van der Waals surface area contributed by atoms with Gasteiger partial charge in [-0.15, -0.1) is 0 Å². The van der Waals surface area contributed by atoms with Crippen LogP contribution in [0.4, 0.5) is 4.39 Å².